The number of benzene rings is 2. The highest BCUT2D eigenvalue weighted by atomic mass is 16.5. The van der Waals surface area contributed by atoms with E-state index in [9.17, 15) is 20.1 Å². The Morgan fingerprint density at radius 1 is 1.00 bits per heavy atom. The average molecular weight is 330 g/mol. The lowest BCUT2D eigenvalue weighted by Crippen LogP contribution is -2.07. The second-order valence-corrected chi connectivity index (χ2v) is 5.02. The maximum atomic E-state index is 12.8. The SMILES string of the molecule is COc1cc2occ(-c3ccc(O)c(O)c3)c(=O)c2c(OC)c1O. The molecule has 0 unspecified atom stereocenters. The van der Waals surface area contributed by atoms with Crippen molar-refractivity contribution < 1.29 is 29.2 Å². The first-order valence-corrected chi connectivity index (χ1v) is 6.89. The van der Waals surface area contributed by atoms with Gasteiger partial charge in [-0.1, -0.05) is 6.07 Å². The molecule has 2 aromatic carbocycles. The molecule has 124 valence electrons. The molecule has 3 N–H and O–H groups in total. The summed E-state index contributed by atoms with van der Waals surface area (Å²) in [5.41, 5.74) is 0.202. The summed E-state index contributed by atoms with van der Waals surface area (Å²) in [5.74, 6) is -0.939. The number of hydrogen-bond acceptors (Lipinski definition) is 7. The third-order valence-corrected chi connectivity index (χ3v) is 3.67. The summed E-state index contributed by atoms with van der Waals surface area (Å²) in [6.07, 6.45) is 1.23. The van der Waals surface area contributed by atoms with Gasteiger partial charge in [0, 0.05) is 6.07 Å². The van der Waals surface area contributed by atoms with Gasteiger partial charge in [0.2, 0.25) is 11.2 Å². The fourth-order valence-corrected chi connectivity index (χ4v) is 2.46. The number of fused-ring (bicyclic) bond motifs is 1. The molecule has 0 fully saturated rings. The van der Waals surface area contributed by atoms with Crippen molar-refractivity contribution in [2.45, 2.75) is 0 Å². The summed E-state index contributed by atoms with van der Waals surface area (Å²) in [7, 11) is 2.68. The Kier molecular flexibility index (Phi) is 3.69. The quantitative estimate of drug-likeness (QED) is 0.633. The van der Waals surface area contributed by atoms with E-state index in [-0.39, 0.29) is 45.3 Å². The Morgan fingerprint density at radius 3 is 2.38 bits per heavy atom. The minimum Gasteiger partial charge on any atom is -0.504 e. The maximum absolute atomic E-state index is 12.8. The van der Waals surface area contributed by atoms with Crippen LogP contribution in [-0.4, -0.2) is 29.5 Å². The van der Waals surface area contributed by atoms with Crippen LogP contribution in [0.15, 0.2) is 39.7 Å². The summed E-state index contributed by atoms with van der Waals surface area (Å²) in [6.45, 7) is 0. The highest BCUT2D eigenvalue weighted by Gasteiger charge is 2.20. The number of phenolic OH excluding ortho intramolecular Hbond substituents is 3. The van der Waals surface area contributed by atoms with E-state index in [2.05, 4.69) is 0 Å². The second-order valence-electron chi connectivity index (χ2n) is 5.02. The van der Waals surface area contributed by atoms with Gasteiger partial charge in [0.15, 0.2) is 23.0 Å². The lowest BCUT2D eigenvalue weighted by atomic mass is 10.0. The van der Waals surface area contributed by atoms with E-state index in [4.69, 9.17) is 13.9 Å². The molecule has 0 aliphatic carbocycles. The Hall–Kier alpha value is -3.35. The van der Waals surface area contributed by atoms with E-state index in [1.165, 1.54) is 44.7 Å². The summed E-state index contributed by atoms with van der Waals surface area (Å²) < 4.78 is 15.6. The first-order valence-electron chi connectivity index (χ1n) is 6.89. The van der Waals surface area contributed by atoms with E-state index in [1.807, 2.05) is 0 Å². The van der Waals surface area contributed by atoms with Crippen molar-refractivity contribution in [3.8, 4) is 39.9 Å². The summed E-state index contributed by atoms with van der Waals surface area (Å²) in [4.78, 5) is 12.8. The summed E-state index contributed by atoms with van der Waals surface area (Å²) in [5, 5.41) is 29.2. The van der Waals surface area contributed by atoms with Gasteiger partial charge in [0.05, 0.1) is 19.8 Å². The van der Waals surface area contributed by atoms with Gasteiger partial charge in [-0.3, -0.25) is 4.79 Å². The van der Waals surface area contributed by atoms with Crippen LogP contribution in [0.25, 0.3) is 22.1 Å². The zero-order valence-electron chi connectivity index (χ0n) is 12.9. The molecule has 0 bridgehead atoms. The molecule has 7 heteroatoms. The van der Waals surface area contributed by atoms with Crippen LogP contribution in [0.4, 0.5) is 0 Å². The first kappa shape index (κ1) is 15.5. The molecule has 0 amide bonds. The second kappa shape index (κ2) is 5.69. The van der Waals surface area contributed by atoms with Crippen molar-refractivity contribution in [3.05, 3.63) is 40.8 Å². The van der Waals surface area contributed by atoms with Crippen LogP contribution in [0, 0.1) is 0 Å². The van der Waals surface area contributed by atoms with Crippen LogP contribution in [0.1, 0.15) is 0 Å². The Morgan fingerprint density at radius 2 is 1.75 bits per heavy atom. The third-order valence-electron chi connectivity index (χ3n) is 3.67. The number of aromatic hydroxyl groups is 3. The van der Waals surface area contributed by atoms with Crippen molar-refractivity contribution in [1.29, 1.82) is 0 Å². The van der Waals surface area contributed by atoms with Gasteiger partial charge in [-0.15, -0.1) is 0 Å². The smallest absolute Gasteiger partial charge is 0.204 e. The number of rotatable bonds is 3. The van der Waals surface area contributed by atoms with Crippen LogP contribution in [0.3, 0.4) is 0 Å². The number of methoxy groups -OCH3 is 2. The third kappa shape index (κ3) is 2.26. The van der Waals surface area contributed by atoms with Crippen molar-refractivity contribution in [2.24, 2.45) is 0 Å². The molecule has 7 nitrogen and oxygen atoms in total. The first-order chi connectivity index (χ1) is 11.5. The molecule has 3 rings (SSSR count). The topological polar surface area (TPSA) is 109 Å². The average Bonchev–Trinajstić information content (AvgIpc) is 2.57. The van der Waals surface area contributed by atoms with Gasteiger partial charge in [-0.05, 0) is 17.7 Å². The molecule has 0 aliphatic rings. The number of phenols is 3. The van der Waals surface area contributed by atoms with Gasteiger partial charge in [0.1, 0.15) is 17.2 Å². The lowest BCUT2D eigenvalue weighted by molar-refractivity contribution is 0.342. The number of ether oxygens (including phenoxy) is 2. The number of hydrogen-bond donors (Lipinski definition) is 3. The monoisotopic (exact) mass is 330 g/mol. The molecule has 0 atom stereocenters. The van der Waals surface area contributed by atoms with Crippen molar-refractivity contribution in [1.82, 2.24) is 0 Å². The Labute approximate surface area is 135 Å². The molecule has 0 aliphatic heterocycles. The van der Waals surface area contributed by atoms with E-state index in [0.717, 1.165) is 0 Å². The van der Waals surface area contributed by atoms with Gasteiger partial charge in [-0.2, -0.15) is 0 Å². The molecule has 1 aromatic heterocycles. The van der Waals surface area contributed by atoms with Crippen LogP contribution in [0.5, 0.6) is 28.7 Å². The molecule has 0 saturated carbocycles. The predicted molar refractivity (Wildman–Crippen MR) is 86.0 cm³/mol. The molecular formula is C17H14O7. The van der Waals surface area contributed by atoms with Gasteiger partial charge >= 0.3 is 0 Å². The Balaban J connectivity index is 2.35. The van der Waals surface area contributed by atoms with E-state index >= 15 is 0 Å². The standard InChI is InChI=1S/C17H14O7/c1-22-13-6-12-14(17(23-2)16(13)21)15(20)9(7-24-12)8-3-4-10(18)11(19)5-8/h3-7,18-19,21H,1-2H3. The predicted octanol–water partition coefficient (Wildman–Crippen LogP) is 2.59. The van der Waals surface area contributed by atoms with Crippen LogP contribution >= 0.6 is 0 Å². The van der Waals surface area contributed by atoms with E-state index in [0.29, 0.717) is 5.56 Å². The fourth-order valence-electron chi connectivity index (χ4n) is 2.46. The highest BCUT2D eigenvalue weighted by Crippen LogP contribution is 2.42. The zero-order valence-corrected chi connectivity index (χ0v) is 12.9. The van der Waals surface area contributed by atoms with Crippen LogP contribution < -0.4 is 14.9 Å². The van der Waals surface area contributed by atoms with Gasteiger partial charge in [-0.25, -0.2) is 0 Å². The van der Waals surface area contributed by atoms with Gasteiger partial charge in [0.25, 0.3) is 0 Å². The van der Waals surface area contributed by atoms with Crippen molar-refractivity contribution in [2.75, 3.05) is 14.2 Å². The summed E-state index contributed by atoms with van der Waals surface area (Å²) in [6, 6.07) is 5.34. The molecule has 1 heterocycles. The molecule has 24 heavy (non-hydrogen) atoms. The van der Waals surface area contributed by atoms with Gasteiger partial charge < -0.3 is 29.2 Å². The molecule has 0 saturated heterocycles. The largest absolute Gasteiger partial charge is 0.504 e. The zero-order chi connectivity index (χ0) is 17.4. The van der Waals surface area contributed by atoms with Crippen molar-refractivity contribution in [3.63, 3.8) is 0 Å². The molecular weight excluding hydrogens is 316 g/mol. The molecule has 0 spiro atoms. The van der Waals surface area contributed by atoms with E-state index in [1.54, 1.807) is 0 Å². The van der Waals surface area contributed by atoms with Crippen LogP contribution in [0.2, 0.25) is 0 Å². The Bertz CT molecular complexity index is 988. The van der Waals surface area contributed by atoms with Crippen LogP contribution in [-0.2, 0) is 0 Å². The van der Waals surface area contributed by atoms with E-state index < -0.39 is 5.43 Å². The molecule has 0 radical (unpaired) electrons. The van der Waals surface area contributed by atoms with Crippen molar-refractivity contribution >= 4 is 11.0 Å². The normalized spacial score (nSPS) is 10.8. The maximum Gasteiger partial charge on any atom is 0.204 e. The lowest BCUT2D eigenvalue weighted by Gasteiger charge is -2.11. The minimum atomic E-state index is -0.462. The highest BCUT2D eigenvalue weighted by molar-refractivity contribution is 5.91. The minimum absolute atomic E-state index is 0.0425. The summed E-state index contributed by atoms with van der Waals surface area (Å²) >= 11 is 0. The molecule has 3 aromatic rings. The fraction of sp³-hybridized carbons (Fsp3) is 0.118.